The van der Waals surface area contributed by atoms with Crippen LogP contribution in [0.15, 0.2) is 41.8 Å². The molecule has 25 heavy (non-hydrogen) atoms. The van der Waals surface area contributed by atoms with Crippen molar-refractivity contribution >= 4 is 29.1 Å². The Hall–Kier alpha value is -2.67. The van der Waals surface area contributed by atoms with Crippen LogP contribution in [0.3, 0.4) is 0 Å². The molecule has 0 aliphatic carbocycles. The van der Waals surface area contributed by atoms with Gasteiger partial charge in [-0.2, -0.15) is 0 Å². The second-order valence-corrected chi connectivity index (χ2v) is 6.90. The summed E-state index contributed by atoms with van der Waals surface area (Å²) in [4.78, 5) is 36.4. The molecule has 0 bridgehead atoms. The van der Waals surface area contributed by atoms with Crippen molar-refractivity contribution in [3.63, 3.8) is 0 Å². The van der Waals surface area contributed by atoms with Crippen molar-refractivity contribution in [1.82, 2.24) is 10.6 Å². The zero-order valence-electron chi connectivity index (χ0n) is 14.1. The molecule has 1 atom stereocenters. The van der Waals surface area contributed by atoms with Crippen LogP contribution < -0.4 is 16.4 Å². The van der Waals surface area contributed by atoms with Crippen LogP contribution in [0.5, 0.6) is 0 Å². The molecule has 0 spiro atoms. The lowest BCUT2D eigenvalue weighted by molar-refractivity contribution is -0.124. The molecule has 132 valence electrons. The number of carbonyl (C=O) groups is 3. The van der Waals surface area contributed by atoms with E-state index < -0.39 is 11.9 Å². The van der Waals surface area contributed by atoms with Crippen molar-refractivity contribution in [1.29, 1.82) is 0 Å². The lowest BCUT2D eigenvalue weighted by Gasteiger charge is -2.21. The number of carbonyl (C=O) groups excluding carboxylic acids is 3. The quantitative estimate of drug-likeness (QED) is 0.704. The first-order chi connectivity index (χ1) is 11.9. The fourth-order valence-electron chi connectivity index (χ4n) is 2.29. The largest absolute Gasteiger partial charge is 0.366 e. The van der Waals surface area contributed by atoms with Gasteiger partial charge in [-0.3, -0.25) is 14.4 Å². The molecule has 0 aliphatic rings. The van der Waals surface area contributed by atoms with Gasteiger partial charge in [-0.15, -0.1) is 11.3 Å². The van der Waals surface area contributed by atoms with Gasteiger partial charge in [0.05, 0.1) is 4.88 Å². The van der Waals surface area contributed by atoms with Crippen LogP contribution in [0.25, 0.3) is 0 Å². The van der Waals surface area contributed by atoms with Crippen molar-refractivity contribution in [2.45, 2.75) is 26.4 Å². The van der Waals surface area contributed by atoms with Gasteiger partial charge in [-0.05, 0) is 35.1 Å². The van der Waals surface area contributed by atoms with E-state index in [1.807, 2.05) is 19.2 Å². The molecule has 0 radical (unpaired) electrons. The van der Waals surface area contributed by atoms with Gasteiger partial charge in [-0.25, -0.2) is 0 Å². The van der Waals surface area contributed by atoms with Gasteiger partial charge in [0.1, 0.15) is 6.04 Å². The third-order valence-corrected chi connectivity index (χ3v) is 4.53. The van der Waals surface area contributed by atoms with Crippen LogP contribution in [0.1, 0.15) is 39.4 Å². The van der Waals surface area contributed by atoms with Crippen LogP contribution >= 0.6 is 11.3 Å². The Kier molecular flexibility index (Phi) is 6.30. The normalized spacial score (nSPS) is 11.8. The van der Waals surface area contributed by atoms with Crippen LogP contribution in [-0.2, 0) is 11.3 Å². The van der Waals surface area contributed by atoms with E-state index in [1.54, 1.807) is 36.4 Å². The number of nitrogens with one attached hydrogen (secondary N) is 2. The summed E-state index contributed by atoms with van der Waals surface area (Å²) in [6, 6.07) is 9.61. The molecule has 0 aliphatic heterocycles. The SMILES string of the molecule is CC(C)C(NC(=O)c1cccs1)C(=O)NCc1cccc(C(N)=O)c1. The minimum atomic E-state index is -0.645. The minimum absolute atomic E-state index is 0.0686. The van der Waals surface area contributed by atoms with E-state index in [0.717, 1.165) is 5.56 Å². The predicted octanol–water partition coefficient (Wildman–Crippen LogP) is 1.92. The molecule has 0 fully saturated rings. The first-order valence-corrected chi connectivity index (χ1v) is 8.77. The first-order valence-electron chi connectivity index (χ1n) is 7.89. The molecule has 7 heteroatoms. The Morgan fingerprint density at radius 1 is 1.16 bits per heavy atom. The maximum atomic E-state index is 12.5. The zero-order valence-corrected chi connectivity index (χ0v) is 14.9. The maximum absolute atomic E-state index is 12.5. The van der Waals surface area contributed by atoms with Crippen molar-refractivity contribution in [3.05, 3.63) is 57.8 Å². The summed E-state index contributed by atoms with van der Waals surface area (Å²) in [5.41, 5.74) is 6.40. The molecule has 0 saturated heterocycles. The Bertz CT molecular complexity index is 757. The van der Waals surface area contributed by atoms with Gasteiger partial charge < -0.3 is 16.4 Å². The fourth-order valence-corrected chi connectivity index (χ4v) is 2.92. The minimum Gasteiger partial charge on any atom is -0.366 e. The smallest absolute Gasteiger partial charge is 0.262 e. The molecular formula is C18H21N3O3S. The number of benzene rings is 1. The zero-order chi connectivity index (χ0) is 18.4. The van der Waals surface area contributed by atoms with E-state index >= 15 is 0 Å². The highest BCUT2D eigenvalue weighted by atomic mass is 32.1. The lowest BCUT2D eigenvalue weighted by Crippen LogP contribution is -2.49. The molecule has 2 aromatic rings. The highest BCUT2D eigenvalue weighted by Crippen LogP contribution is 2.11. The van der Waals surface area contributed by atoms with Gasteiger partial charge in [0.2, 0.25) is 11.8 Å². The number of thiophene rings is 1. The number of primary amides is 1. The molecular weight excluding hydrogens is 338 g/mol. The molecule has 3 amide bonds. The summed E-state index contributed by atoms with van der Waals surface area (Å²) in [7, 11) is 0. The first kappa shape index (κ1) is 18.7. The van der Waals surface area contributed by atoms with Crippen LogP contribution in [0.4, 0.5) is 0 Å². The number of nitrogens with two attached hydrogens (primary N) is 1. The van der Waals surface area contributed by atoms with E-state index in [-0.39, 0.29) is 24.3 Å². The molecule has 2 rings (SSSR count). The summed E-state index contributed by atoms with van der Waals surface area (Å²) in [5.74, 6) is -1.12. The van der Waals surface area contributed by atoms with E-state index in [2.05, 4.69) is 10.6 Å². The molecule has 0 saturated carbocycles. The Morgan fingerprint density at radius 2 is 1.92 bits per heavy atom. The molecule has 6 nitrogen and oxygen atoms in total. The van der Waals surface area contributed by atoms with E-state index in [0.29, 0.717) is 10.4 Å². The topological polar surface area (TPSA) is 101 Å². The summed E-state index contributed by atoms with van der Waals surface area (Å²) in [6.07, 6.45) is 0. The van der Waals surface area contributed by atoms with E-state index in [1.165, 1.54) is 11.3 Å². The predicted molar refractivity (Wildman–Crippen MR) is 97.2 cm³/mol. The van der Waals surface area contributed by atoms with Crippen molar-refractivity contribution < 1.29 is 14.4 Å². The number of hydrogen-bond acceptors (Lipinski definition) is 4. The molecule has 1 aromatic heterocycles. The lowest BCUT2D eigenvalue weighted by atomic mass is 10.0. The summed E-state index contributed by atoms with van der Waals surface area (Å²) in [6.45, 7) is 3.98. The summed E-state index contributed by atoms with van der Waals surface area (Å²) in [5, 5.41) is 7.38. The molecule has 1 unspecified atom stereocenters. The standard InChI is InChI=1S/C18H21N3O3S/c1-11(2)15(21-17(23)14-7-4-8-25-14)18(24)20-10-12-5-3-6-13(9-12)16(19)22/h3-9,11,15H,10H2,1-2H3,(H2,19,22)(H,20,24)(H,21,23). The van der Waals surface area contributed by atoms with Gasteiger partial charge in [0.25, 0.3) is 5.91 Å². The molecule has 4 N–H and O–H groups in total. The Morgan fingerprint density at radius 3 is 2.52 bits per heavy atom. The van der Waals surface area contributed by atoms with Crippen molar-refractivity contribution in [2.24, 2.45) is 11.7 Å². The van der Waals surface area contributed by atoms with E-state index in [9.17, 15) is 14.4 Å². The number of hydrogen-bond donors (Lipinski definition) is 3. The van der Waals surface area contributed by atoms with Gasteiger partial charge >= 0.3 is 0 Å². The van der Waals surface area contributed by atoms with Gasteiger partial charge in [0, 0.05) is 12.1 Å². The molecule has 1 aromatic carbocycles. The van der Waals surface area contributed by atoms with Crippen LogP contribution in [0, 0.1) is 5.92 Å². The van der Waals surface area contributed by atoms with Crippen molar-refractivity contribution in [3.8, 4) is 0 Å². The fraction of sp³-hybridized carbons (Fsp3) is 0.278. The summed E-state index contributed by atoms with van der Waals surface area (Å²) < 4.78 is 0. The monoisotopic (exact) mass is 359 g/mol. The van der Waals surface area contributed by atoms with Gasteiger partial charge in [-0.1, -0.05) is 32.0 Å². The Labute approximate surface area is 150 Å². The third-order valence-electron chi connectivity index (χ3n) is 3.66. The highest BCUT2D eigenvalue weighted by molar-refractivity contribution is 7.12. The maximum Gasteiger partial charge on any atom is 0.262 e. The third kappa shape index (κ3) is 5.15. The van der Waals surface area contributed by atoms with Crippen molar-refractivity contribution in [2.75, 3.05) is 0 Å². The summed E-state index contributed by atoms with van der Waals surface area (Å²) >= 11 is 1.32. The van der Waals surface area contributed by atoms with E-state index in [4.69, 9.17) is 5.73 Å². The average Bonchev–Trinajstić information content (AvgIpc) is 3.12. The second-order valence-electron chi connectivity index (χ2n) is 5.95. The molecule has 1 heterocycles. The van der Waals surface area contributed by atoms with Crippen LogP contribution in [0.2, 0.25) is 0 Å². The second kappa shape index (κ2) is 8.43. The number of amides is 3. The van der Waals surface area contributed by atoms with Crippen LogP contribution in [-0.4, -0.2) is 23.8 Å². The average molecular weight is 359 g/mol. The highest BCUT2D eigenvalue weighted by Gasteiger charge is 2.24. The van der Waals surface area contributed by atoms with Gasteiger partial charge in [0.15, 0.2) is 0 Å². The number of rotatable bonds is 7. The Balaban J connectivity index is 1.99.